The van der Waals surface area contributed by atoms with Crippen molar-refractivity contribution in [1.29, 1.82) is 0 Å². The Morgan fingerprint density at radius 1 is 0.822 bits per heavy atom. The second kappa shape index (κ2) is 21.4. The summed E-state index contributed by atoms with van der Waals surface area (Å²) in [6, 6.07) is 1.18. The van der Waals surface area contributed by atoms with Gasteiger partial charge >= 0.3 is 0 Å². The zero-order valence-electron chi connectivity index (χ0n) is 29.9. The molecule has 4 amide bonds. The van der Waals surface area contributed by atoms with E-state index in [1.807, 2.05) is 75.3 Å². The minimum absolute atomic E-state index is 0.00839. The molecule has 0 saturated carbocycles. The number of nitrogens with one attached hydrogen (secondary N) is 4. The summed E-state index contributed by atoms with van der Waals surface area (Å²) in [5.41, 5.74) is 3.15. The van der Waals surface area contributed by atoms with Crippen LogP contribution in [-0.2, 0) is 23.9 Å². The number of rotatable bonds is 19. The van der Waals surface area contributed by atoms with Gasteiger partial charge < -0.3 is 26.0 Å². The Morgan fingerprint density at radius 3 is 1.96 bits per heavy atom. The van der Waals surface area contributed by atoms with Crippen molar-refractivity contribution >= 4 is 45.2 Å². The van der Waals surface area contributed by atoms with E-state index in [1.165, 1.54) is 0 Å². The molecule has 0 spiro atoms. The molecule has 1 aromatic rings. The molecular weight excluding hydrogens is 636 g/mol. The van der Waals surface area contributed by atoms with Crippen LogP contribution in [0.5, 0.6) is 0 Å². The van der Waals surface area contributed by atoms with Crippen molar-refractivity contribution in [3.8, 4) is 0 Å². The normalized spacial score (nSPS) is 12.0. The molecule has 0 aromatic heterocycles. The number of halogens is 1. The van der Waals surface area contributed by atoms with Gasteiger partial charge in [-0.05, 0) is 50.3 Å². The highest BCUT2D eigenvalue weighted by Crippen LogP contribution is 2.31. The molecule has 0 saturated heterocycles. The van der Waals surface area contributed by atoms with Crippen LogP contribution < -0.4 is 21.3 Å². The van der Waals surface area contributed by atoms with Crippen LogP contribution in [0.1, 0.15) is 117 Å². The molecule has 0 fully saturated rings. The average molecular weight is 698 g/mol. The van der Waals surface area contributed by atoms with Crippen molar-refractivity contribution in [2.45, 2.75) is 127 Å². The molecule has 1 rings (SSSR count). The molecule has 9 nitrogen and oxygen atoms in total. The average Bonchev–Trinajstić information content (AvgIpc) is 2.98. The molecule has 1 unspecified atom stereocenters. The van der Waals surface area contributed by atoms with Gasteiger partial charge in [0.2, 0.25) is 23.6 Å². The predicted molar refractivity (Wildman–Crippen MR) is 188 cm³/mol. The Labute approximate surface area is 281 Å². The number of anilines is 1. The van der Waals surface area contributed by atoms with E-state index in [0.717, 1.165) is 46.1 Å². The van der Waals surface area contributed by atoms with Crippen molar-refractivity contribution < 1.29 is 23.9 Å². The first kappa shape index (κ1) is 42.5. The third kappa shape index (κ3) is 17.1. The van der Waals surface area contributed by atoms with Gasteiger partial charge in [0.25, 0.3) is 0 Å². The molecule has 10 heteroatoms. The largest absolute Gasteiger partial charge is 0.380 e. The number of hydrogen-bond donors (Lipinski definition) is 4. The molecule has 0 aliphatic rings. The number of hydrogen-bond acceptors (Lipinski definition) is 5. The van der Waals surface area contributed by atoms with Gasteiger partial charge in [0.15, 0.2) is 0 Å². The van der Waals surface area contributed by atoms with Crippen LogP contribution in [0.25, 0.3) is 0 Å². The SMILES string of the molecule is CC.CCCCCC(=O)NC(CCC(=O)Nc1c(C)cc(C)c(Br)c1C)C(=O)NCC(C)(C)COCC(C)(C)CNC(=O)CC. The van der Waals surface area contributed by atoms with Crippen LogP contribution >= 0.6 is 15.9 Å². The Hall–Kier alpha value is -2.46. The highest BCUT2D eigenvalue weighted by Gasteiger charge is 2.27. The highest BCUT2D eigenvalue weighted by atomic mass is 79.9. The van der Waals surface area contributed by atoms with Gasteiger partial charge in [-0.3, -0.25) is 19.2 Å². The minimum atomic E-state index is -0.829. The third-order valence-corrected chi connectivity index (χ3v) is 8.49. The Balaban J connectivity index is 0.00000947. The van der Waals surface area contributed by atoms with E-state index in [0.29, 0.717) is 39.1 Å². The highest BCUT2D eigenvalue weighted by molar-refractivity contribution is 9.10. The maximum absolute atomic E-state index is 13.3. The van der Waals surface area contributed by atoms with Gasteiger partial charge in [-0.2, -0.15) is 0 Å². The van der Waals surface area contributed by atoms with Crippen molar-refractivity contribution in [2.24, 2.45) is 10.8 Å². The lowest BCUT2D eigenvalue weighted by molar-refractivity contribution is -0.130. The summed E-state index contributed by atoms with van der Waals surface area (Å²) in [4.78, 5) is 50.5. The first-order valence-electron chi connectivity index (χ1n) is 16.5. The zero-order chi connectivity index (χ0) is 34.8. The monoisotopic (exact) mass is 696 g/mol. The smallest absolute Gasteiger partial charge is 0.242 e. The van der Waals surface area contributed by atoms with Crippen molar-refractivity contribution in [3.63, 3.8) is 0 Å². The van der Waals surface area contributed by atoms with Gasteiger partial charge in [-0.1, -0.05) is 90.2 Å². The maximum Gasteiger partial charge on any atom is 0.242 e. The van der Waals surface area contributed by atoms with Crippen LogP contribution in [0.15, 0.2) is 10.5 Å². The van der Waals surface area contributed by atoms with Crippen LogP contribution in [0.2, 0.25) is 0 Å². The van der Waals surface area contributed by atoms with Gasteiger partial charge in [-0.15, -0.1) is 0 Å². The zero-order valence-corrected chi connectivity index (χ0v) is 31.4. The lowest BCUT2D eigenvalue weighted by Gasteiger charge is -2.30. The molecule has 1 atom stereocenters. The second-order valence-corrected chi connectivity index (χ2v) is 14.0. The van der Waals surface area contributed by atoms with Gasteiger partial charge in [0, 0.05) is 53.3 Å². The Bertz CT molecular complexity index is 1100. The van der Waals surface area contributed by atoms with E-state index in [9.17, 15) is 19.2 Å². The maximum atomic E-state index is 13.3. The lowest BCUT2D eigenvalue weighted by atomic mass is 9.92. The van der Waals surface area contributed by atoms with E-state index in [2.05, 4.69) is 44.1 Å². The number of ether oxygens (including phenoxy) is 1. The first-order valence-corrected chi connectivity index (χ1v) is 17.3. The second-order valence-electron chi connectivity index (χ2n) is 13.2. The standard InChI is InChI=1S/C33H55BrN4O5.C2H6/c1-10-12-13-14-27(40)37-25(15-16-28(41)38-30-23(4)17-22(3)29(34)24(30)5)31(42)36-19-33(8,9)21-43-20-32(6,7)18-35-26(39)11-2;1-2/h17,25H,10-16,18-21H2,1-9H3,(H,35,39)(H,36,42)(H,37,40)(H,38,41);1-2H3. The minimum Gasteiger partial charge on any atom is -0.380 e. The van der Waals surface area contributed by atoms with Crippen LogP contribution in [0.3, 0.4) is 0 Å². The number of benzene rings is 1. The summed E-state index contributed by atoms with van der Waals surface area (Å²) >= 11 is 3.59. The predicted octanol–water partition coefficient (Wildman–Crippen LogP) is 6.90. The van der Waals surface area contributed by atoms with E-state index >= 15 is 0 Å². The molecule has 1 aromatic carbocycles. The van der Waals surface area contributed by atoms with E-state index in [4.69, 9.17) is 4.74 Å². The van der Waals surface area contributed by atoms with Crippen molar-refractivity contribution in [3.05, 3.63) is 27.2 Å². The van der Waals surface area contributed by atoms with E-state index in [1.54, 1.807) is 0 Å². The number of aryl methyl sites for hydroxylation is 2. The summed E-state index contributed by atoms with van der Waals surface area (Å²) in [5, 5.41) is 11.7. The fourth-order valence-corrected chi connectivity index (χ4v) is 4.83. The molecule has 0 bridgehead atoms. The molecule has 0 radical (unpaired) electrons. The first-order chi connectivity index (χ1) is 21.0. The number of amides is 4. The summed E-state index contributed by atoms with van der Waals surface area (Å²) in [5.74, 6) is -0.721. The summed E-state index contributed by atoms with van der Waals surface area (Å²) in [6.07, 6.45) is 3.72. The Morgan fingerprint density at radius 2 is 1.40 bits per heavy atom. The molecule has 0 aliphatic carbocycles. The summed E-state index contributed by atoms with van der Waals surface area (Å²) < 4.78 is 6.93. The van der Waals surface area contributed by atoms with E-state index in [-0.39, 0.29) is 47.3 Å². The summed E-state index contributed by atoms with van der Waals surface area (Å²) in [6.45, 7) is 23.6. The molecule has 0 aliphatic heterocycles. The summed E-state index contributed by atoms with van der Waals surface area (Å²) in [7, 11) is 0. The quantitative estimate of drug-likeness (QED) is 0.117. The molecule has 258 valence electrons. The topological polar surface area (TPSA) is 126 Å². The lowest BCUT2D eigenvalue weighted by Crippen LogP contribution is -2.49. The third-order valence-electron chi connectivity index (χ3n) is 7.27. The van der Waals surface area contributed by atoms with E-state index < -0.39 is 6.04 Å². The molecule has 0 heterocycles. The van der Waals surface area contributed by atoms with Gasteiger partial charge in [0.05, 0.1) is 13.2 Å². The van der Waals surface area contributed by atoms with Crippen LogP contribution in [0.4, 0.5) is 5.69 Å². The molecule has 45 heavy (non-hydrogen) atoms. The number of unbranched alkanes of at least 4 members (excludes halogenated alkanes) is 2. The Kier molecular flexibility index (Phi) is 20.2. The van der Waals surface area contributed by atoms with Crippen molar-refractivity contribution in [2.75, 3.05) is 31.6 Å². The fraction of sp³-hybridized carbons (Fsp3) is 0.714. The number of carbonyl (C=O) groups excluding carboxylic acids is 4. The van der Waals surface area contributed by atoms with Crippen molar-refractivity contribution in [1.82, 2.24) is 16.0 Å². The molecule has 4 N–H and O–H groups in total. The molecular formula is C35H61BrN4O5. The van der Waals surface area contributed by atoms with Crippen LogP contribution in [-0.4, -0.2) is 56.0 Å². The van der Waals surface area contributed by atoms with Gasteiger partial charge in [0.1, 0.15) is 6.04 Å². The number of carbonyl (C=O) groups is 4. The van der Waals surface area contributed by atoms with Crippen LogP contribution in [0, 0.1) is 31.6 Å². The fourth-order valence-electron chi connectivity index (χ4n) is 4.52. The van der Waals surface area contributed by atoms with Gasteiger partial charge in [-0.25, -0.2) is 0 Å².